The van der Waals surface area contributed by atoms with Crippen molar-refractivity contribution < 1.29 is 4.79 Å². The van der Waals surface area contributed by atoms with Crippen LogP contribution in [-0.2, 0) is 6.54 Å². The molecule has 1 saturated heterocycles. The van der Waals surface area contributed by atoms with Gasteiger partial charge in [-0.05, 0) is 49.0 Å². The highest BCUT2D eigenvalue weighted by Gasteiger charge is 2.28. The number of carbonyl (C=O) groups excluding carboxylic acids is 1. The third kappa shape index (κ3) is 3.46. The fraction of sp³-hybridized carbons (Fsp3) is 0.250. The molecule has 0 bridgehead atoms. The molecule has 0 unspecified atom stereocenters. The van der Waals surface area contributed by atoms with Gasteiger partial charge in [0.1, 0.15) is 5.82 Å². The van der Waals surface area contributed by atoms with Crippen LogP contribution in [0.15, 0.2) is 54.9 Å². The van der Waals surface area contributed by atoms with Gasteiger partial charge in [-0.25, -0.2) is 4.98 Å². The van der Waals surface area contributed by atoms with Gasteiger partial charge in [0.05, 0.1) is 23.1 Å². The zero-order chi connectivity index (χ0) is 22.4. The number of fused-ring (bicyclic) bond motifs is 2. The number of aromatic nitrogens is 4. The minimum atomic E-state index is -0.0998. The summed E-state index contributed by atoms with van der Waals surface area (Å²) in [7, 11) is 2.15. The average molecular weight is 441 g/mol. The van der Waals surface area contributed by atoms with E-state index in [4.69, 9.17) is 0 Å². The second-order valence-electron chi connectivity index (χ2n) is 8.47. The van der Waals surface area contributed by atoms with Crippen LogP contribution in [0.2, 0.25) is 0 Å². The highest BCUT2D eigenvalue weighted by atomic mass is 16.1. The lowest BCUT2D eigenvalue weighted by atomic mass is 10.0. The molecule has 5 heterocycles. The minimum Gasteiger partial charge on any atom is -0.368 e. The number of rotatable bonds is 4. The fourth-order valence-corrected chi connectivity index (χ4v) is 4.54. The Morgan fingerprint density at radius 3 is 2.70 bits per heavy atom. The molecule has 0 atom stereocenters. The maximum absolute atomic E-state index is 12.7. The van der Waals surface area contributed by atoms with Crippen LogP contribution in [0.25, 0.3) is 17.0 Å². The first-order valence-electron chi connectivity index (χ1n) is 11.1. The predicted molar refractivity (Wildman–Crippen MR) is 127 cm³/mol. The zero-order valence-corrected chi connectivity index (χ0v) is 18.3. The maximum Gasteiger partial charge on any atom is 0.254 e. The smallest absolute Gasteiger partial charge is 0.254 e. The van der Waals surface area contributed by atoms with Crippen molar-refractivity contribution >= 4 is 28.7 Å². The molecular weight excluding hydrogens is 416 g/mol. The standard InChI is InChI=1S/C24H24N8O/c1-30-10-12-31(13-11-30)16-5-8-20(25-14-16)27-19-7-6-17(18-15-26-24(33)22(18)19)23-29-28-21-4-2-3-9-32(21)23/h2-9,14H,10-13,15H2,1H3,(H,25,27)(H,26,33). The van der Waals surface area contributed by atoms with Crippen molar-refractivity contribution in [2.24, 2.45) is 0 Å². The number of nitrogens with zero attached hydrogens (tertiary/aromatic N) is 6. The van der Waals surface area contributed by atoms with Crippen molar-refractivity contribution in [3.63, 3.8) is 0 Å². The molecule has 2 aliphatic heterocycles. The van der Waals surface area contributed by atoms with E-state index in [2.05, 4.69) is 48.7 Å². The van der Waals surface area contributed by atoms with Crippen LogP contribution in [0.5, 0.6) is 0 Å². The van der Waals surface area contributed by atoms with Crippen LogP contribution in [0.4, 0.5) is 17.2 Å². The van der Waals surface area contributed by atoms with Crippen LogP contribution in [0.3, 0.4) is 0 Å². The number of pyridine rings is 2. The molecule has 0 saturated carbocycles. The van der Waals surface area contributed by atoms with Gasteiger partial charge >= 0.3 is 0 Å². The molecule has 2 aliphatic rings. The van der Waals surface area contributed by atoms with E-state index >= 15 is 0 Å². The number of piperazine rings is 1. The lowest BCUT2D eigenvalue weighted by Crippen LogP contribution is -2.44. The minimum absolute atomic E-state index is 0.0998. The Morgan fingerprint density at radius 1 is 1.00 bits per heavy atom. The molecule has 0 spiro atoms. The van der Waals surface area contributed by atoms with Crippen LogP contribution in [-0.4, -0.2) is 63.6 Å². The van der Waals surface area contributed by atoms with Gasteiger partial charge in [-0.1, -0.05) is 6.07 Å². The number of likely N-dealkylation sites (N-methyl/N-ethyl adjacent to an activating group) is 1. The molecule has 0 aliphatic carbocycles. The summed E-state index contributed by atoms with van der Waals surface area (Å²) in [5.74, 6) is 1.33. The van der Waals surface area contributed by atoms with E-state index in [9.17, 15) is 4.79 Å². The molecular formula is C24H24N8O. The lowest BCUT2D eigenvalue weighted by molar-refractivity contribution is 0.0966. The summed E-state index contributed by atoms with van der Waals surface area (Å²) in [5.41, 5.74) is 5.06. The summed E-state index contributed by atoms with van der Waals surface area (Å²) >= 11 is 0. The second kappa shape index (κ2) is 7.86. The van der Waals surface area contributed by atoms with E-state index in [-0.39, 0.29) is 5.91 Å². The molecule has 166 valence electrons. The number of amides is 1. The first kappa shape index (κ1) is 19.7. The summed E-state index contributed by atoms with van der Waals surface area (Å²) < 4.78 is 1.93. The molecule has 2 N–H and O–H groups in total. The summed E-state index contributed by atoms with van der Waals surface area (Å²) in [6.07, 6.45) is 3.82. The van der Waals surface area contributed by atoms with Crippen molar-refractivity contribution in [2.75, 3.05) is 43.4 Å². The van der Waals surface area contributed by atoms with Crippen molar-refractivity contribution in [3.05, 3.63) is 66.0 Å². The number of nitrogens with one attached hydrogen (secondary N) is 2. The number of benzene rings is 1. The Kier molecular flexibility index (Phi) is 4.69. The van der Waals surface area contributed by atoms with Crippen LogP contribution in [0.1, 0.15) is 15.9 Å². The van der Waals surface area contributed by atoms with E-state index in [1.54, 1.807) is 0 Å². The molecule has 6 rings (SSSR count). The Labute approximate surface area is 191 Å². The third-order valence-corrected chi connectivity index (χ3v) is 6.40. The summed E-state index contributed by atoms with van der Waals surface area (Å²) in [6.45, 7) is 4.55. The topological polar surface area (TPSA) is 90.7 Å². The largest absolute Gasteiger partial charge is 0.368 e. The van der Waals surface area contributed by atoms with Crippen molar-refractivity contribution in [3.8, 4) is 11.4 Å². The van der Waals surface area contributed by atoms with Gasteiger partial charge in [0.25, 0.3) is 5.91 Å². The lowest BCUT2D eigenvalue weighted by Gasteiger charge is -2.33. The molecule has 33 heavy (non-hydrogen) atoms. The van der Waals surface area contributed by atoms with Crippen molar-refractivity contribution in [2.45, 2.75) is 6.54 Å². The SMILES string of the molecule is CN1CCN(c2ccc(Nc3ccc(-c4nnc5ccccn45)c4c3C(=O)NC4)nc2)CC1. The summed E-state index contributed by atoms with van der Waals surface area (Å²) in [5, 5.41) is 14.9. The molecule has 1 aromatic carbocycles. The molecule has 3 aromatic heterocycles. The molecule has 4 aromatic rings. The average Bonchev–Trinajstić information content (AvgIpc) is 3.45. The van der Waals surface area contributed by atoms with Gasteiger partial charge in [-0.3, -0.25) is 9.20 Å². The Bertz CT molecular complexity index is 1340. The van der Waals surface area contributed by atoms with E-state index in [1.165, 1.54) is 0 Å². The van der Waals surface area contributed by atoms with Crippen LogP contribution in [0, 0.1) is 0 Å². The van der Waals surface area contributed by atoms with Gasteiger partial charge in [0, 0.05) is 44.5 Å². The number of anilines is 3. The van der Waals surface area contributed by atoms with E-state index in [1.807, 2.05) is 53.2 Å². The van der Waals surface area contributed by atoms with Crippen LogP contribution < -0.4 is 15.5 Å². The van der Waals surface area contributed by atoms with Gasteiger partial charge in [-0.15, -0.1) is 10.2 Å². The van der Waals surface area contributed by atoms with Gasteiger partial charge in [-0.2, -0.15) is 0 Å². The molecule has 1 amide bonds. The Hall–Kier alpha value is -3.98. The monoisotopic (exact) mass is 440 g/mol. The normalized spacial score (nSPS) is 16.2. The fourth-order valence-electron chi connectivity index (χ4n) is 4.54. The van der Waals surface area contributed by atoms with Crippen molar-refractivity contribution in [1.82, 2.24) is 29.8 Å². The molecule has 0 radical (unpaired) electrons. The zero-order valence-electron chi connectivity index (χ0n) is 18.3. The highest BCUT2D eigenvalue weighted by molar-refractivity contribution is 6.05. The molecule has 9 nitrogen and oxygen atoms in total. The van der Waals surface area contributed by atoms with E-state index in [0.717, 1.165) is 60.2 Å². The molecule has 1 fully saturated rings. The Morgan fingerprint density at radius 2 is 1.88 bits per heavy atom. The number of hydrogen-bond donors (Lipinski definition) is 2. The summed E-state index contributed by atoms with van der Waals surface area (Å²) in [4.78, 5) is 22.0. The van der Waals surface area contributed by atoms with Gasteiger partial charge in [0.2, 0.25) is 0 Å². The maximum atomic E-state index is 12.7. The Balaban J connectivity index is 1.31. The van der Waals surface area contributed by atoms with E-state index < -0.39 is 0 Å². The number of carbonyl (C=O) groups is 1. The highest BCUT2D eigenvalue weighted by Crippen LogP contribution is 2.34. The third-order valence-electron chi connectivity index (χ3n) is 6.40. The number of hydrogen-bond acceptors (Lipinski definition) is 7. The van der Waals surface area contributed by atoms with Crippen LogP contribution >= 0.6 is 0 Å². The quantitative estimate of drug-likeness (QED) is 0.504. The first-order valence-corrected chi connectivity index (χ1v) is 11.1. The molecule has 9 heteroatoms. The van der Waals surface area contributed by atoms with Gasteiger partial charge in [0.15, 0.2) is 11.5 Å². The van der Waals surface area contributed by atoms with Gasteiger partial charge < -0.3 is 20.4 Å². The summed E-state index contributed by atoms with van der Waals surface area (Å²) in [6, 6.07) is 13.7. The van der Waals surface area contributed by atoms with E-state index in [0.29, 0.717) is 17.9 Å². The predicted octanol–water partition coefficient (Wildman–Crippen LogP) is 2.53. The van der Waals surface area contributed by atoms with Crippen molar-refractivity contribution in [1.29, 1.82) is 0 Å². The second-order valence-corrected chi connectivity index (χ2v) is 8.47. The first-order chi connectivity index (χ1) is 16.2.